The van der Waals surface area contributed by atoms with E-state index in [4.69, 9.17) is 24.8 Å². The van der Waals surface area contributed by atoms with Crippen molar-refractivity contribution in [2.45, 2.75) is 44.0 Å². The summed E-state index contributed by atoms with van der Waals surface area (Å²) in [4.78, 5) is 19.5. The minimum absolute atomic E-state index is 0.188. The molecule has 6 heterocycles. The van der Waals surface area contributed by atoms with Crippen molar-refractivity contribution in [3.05, 3.63) is 72.9 Å². The number of benzene rings is 1. The predicted molar refractivity (Wildman–Crippen MR) is 174 cm³/mol. The first-order valence-electron chi connectivity index (χ1n) is 15.7. The van der Waals surface area contributed by atoms with Crippen LogP contribution < -0.4 is 4.90 Å². The van der Waals surface area contributed by atoms with E-state index >= 15 is 0 Å². The number of likely N-dealkylation sites (tertiary alicyclic amines) is 1. The molecule has 0 aliphatic carbocycles. The summed E-state index contributed by atoms with van der Waals surface area (Å²) in [5.74, 6) is 0.969. The molecule has 2 aliphatic heterocycles. The van der Waals surface area contributed by atoms with E-state index in [2.05, 4.69) is 29.7 Å². The van der Waals surface area contributed by atoms with Crippen LogP contribution in [-0.4, -0.2) is 88.0 Å². The minimum atomic E-state index is -3.93. The molecule has 7 rings (SSSR count). The highest BCUT2D eigenvalue weighted by atomic mass is 32.2. The van der Waals surface area contributed by atoms with Gasteiger partial charge < -0.3 is 14.5 Å². The fourth-order valence-electron chi connectivity index (χ4n) is 6.34. The van der Waals surface area contributed by atoms with Crippen LogP contribution in [0.1, 0.15) is 38.3 Å². The summed E-state index contributed by atoms with van der Waals surface area (Å²) >= 11 is 0. The molecule has 11 nitrogen and oxygen atoms in total. The number of nitrogens with zero attached hydrogens (tertiary/aromatic N) is 8. The summed E-state index contributed by atoms with van der Waals surface area (Å²) in [7, 11) is -3.93. The molecule has 0 radical (unpaired) electrons. The summed E-state index contributed by atoms with van der Waals surface area (Å²) < 4.78 is 36.6. The zero-order chi connectivity index (χ0) is 31.0. The Hall–Kier alpha value is -4.13. The predicted octanol–water partition coefficient (Wildman–Crippen LogP) is 4.65. The first-order valence-corrected chi connectivity index (χ1v) is 17.2. The topological polar surface area (TPSA) is 111 Å². The average molecular weight is 627 g/mol. The molecule has 2 saturated heterocycles. The SMILES string of the molecule is CCc1cc(-c2cnc3c(n2)c(-c2cnn(C4CCN(CC)CC4)c2)cn3S(=O)(=O)c2ccccc2)cnc1N1CCOCC1. The molecule has 2 fully saturated rings. The summed E-state index contributed by atoms with van der Waals surface area (Å²) in [5, 5.41) is 4.73. The van der Waals surface area contributed by atoms with Crippen LogP contribution in [0.3, 0.4) is 0 Å². The van der Waals surface area contributed by atoms with Crippen molar-refractivity contribution in [2.24, 2.45) is 0 Å². The summed E-state index contributed by atoms with van der Waals surface area (Å²) in [5.41, 5.74) is 4.84. The standard InChI is InChI=1S/C33H38N8O3S/c1-3-24-18-25(19-34-32(24)39-14-16-44-17-15-39)30-21-35-33-31(37-30)29(23-41(33)45(42,43)28-8-6-5-7-9-28)26-20-36-40(22-26)27-10-12-38(4-2)13-11-27/h5-9,18-23,27H,3-4,10-17H2,1-2H3. The van der Waals surface area contributed by atoms with Crippen LogP contribution in [0.5, 0.6) is 0 Å². The van der Waals surface area contributed by atoms with Gasteiger partial charge in [0, 0.05) is 61.5 Å². The molecule has 0 bridgehead atoms. The lowest BCUT2D eigenvalue weighted by Gasteiger charge is -2.31. The van der Waals surface area contributed by atoms with E-state index in [1.807, 2.05) is 23.3 Å². The first kappa shape index (κ1) is 29.6. The van der Waals surface area contributed by atoms with Gasteiger partial charge in [0.05, 0.1) is 42.2 Å². The highest BCUT2D eigenvalue weighted by Gasteiger charge is 2.26. The van der Waals surface area contributed by atoms with Crippen molar-refractivity contribution in [3.8, 4) is 22.4 Å². The molecule has 1 aromatic carbocycles. The molecule has 5 aromatic rings. The Morgan fingerprint density at radius 1 is 0.911 bits per heavy atom. The third-order valence-corrected chi connectivity index (χ3v) is 10.6. The molecule has 12 heteroatoms. The van der Waals surface area contributed by atoms with Crippen molar-refractivity contribution in [2.75, 3.05) is 50.8 Å². The van der Waals surface area contributed by atoms with Crippen LogP contribution in [0.15, 0.2) is 72.3 Å². The van der Waals surface area contributed by atoms with Gasteiger partial charge in [-0.25, -0.2) is 27.3 Å². The van der Waals surface area contributed by atoms with Crippen molar-refractivity contribution >= 4 is 27.0 Å². The Morgan fingerprint density at radius 2 is 1.69 bits per heavy atom. The molecule has 234 valence electrons. The van der Waals surface area contributed by atoms with Crippen LogP contribution in [0, 0.1) is 0 Å². The van der Waals surface area contributed by atoms with Gasteiger partial charge in [0.15, 0.2) is 5.65 Å². The van der Waals surface area contributed by atoms with Crippen molar-refractivity contribution in [3.63, 3.8) is 0 Å². The number of morpholine rings is 1. The quantitative estimate of drug-likeness (QED) is 0.243. The smallest absolute Gasteiger partial charge is 0.269 e. The van der Waals surface area contributed by atoms with Crippen LogP contribution in [0.4, 0.5) is 5.82 Å². The van der Waals surface area contributed by atoms with Gasteiger partial charge >= 0.3 is 0 Å². The number of hydrogen-bond acceptors (Lipinski definition) is 9. The number of aromatic nitrogens is 6. The molecule has 0 unspecified atom stereocenters. The lowest BCUT2D eigenvalue weighted by Crippen LogP contribution is -2.37. The number of rotatable bonds is 8. The zero-order valence-corrected chi connectivity index (χ0v) is 26.5. The van der Waals surface area contributed by atoms with Crippen LogP contribution in [-0.2, 0) is 21.2 Å². The number of hydrogen-bond donors (Lipinski definition) is 0. The molecule has 2 aliphatic rings. The van der Waals surface area contributed by atoms with E-state index in [-0.39, 0.29) is 10.5 Å². The minimum Gasteiger partial charge on any atom is -0.378 e. The van der Waals surface area contributed by atoms with Gasteiger partial charge in [-0.1, -0.05) is 32.0 Å². The van der Waals surface area contributed by atoms with Crippen molar-refractivity contribution in [1.29, 1.82) is 0 Å². The highest BCUT2D eigenvalue weighted by molar-refractivity contribution is 7.90. The zero-order valence-electron chi connectivity index (χ0n) is 25.7. The maximum absolute atomic E-state index is 13.9. The average Bonchev–Trinajstić information content (AvgIpc) is 3.74. The molecule has 0 amide bonds. The molecule has 0 saturated carbocycles. The summed E-state index contributed by atoms with van der Waals surface area (Å²) in [6.07, 6.45) is 11.8. The molecule has 45 heavy (non-hydrogen) atoms. The van der Waals surface area contributed by atoms with Crippen molar-refractivity contribution in [1.82, 2.24) is 33.6 Å². The van der Waals surface area contributed by atoms with Gasteiger partial charge in [-0.3, -0.25) is 4.68 Å². The summed E-state index contributed by atoms with van der Waals surface area (Å²) in [6, 6.07) is 10.8. The lowest BCUT2D eigenvalue weighted by atomic mass is 10.1. The van der Waals surface area contributed by atoms with E-state index in [0.29, 0.717) is 36.0 Å². The fourth-order valence-corrected chi connectivity index (χ4v) is 7.68. The Kier molecular flexibility index (Phi) is 8.11. The summed E-state index contributed by atoms with van der Waals surface area (Å²) in [6.45, 7) is 10.4. The van der Waals surface area contributed by atoms with Gasteiger partial charge in [-0.2, -0.15) is 5.10 Å². The number of ether oxygens (including phenoxy) is 1. The largest absolute Gasteiger partial charge is 0.378 e. The van der Waals surface area contributed by atoms with Gasteiger partial charge in [0.2, 0.25) is 0 Å². The van der Waals surface area contributed by atoms with Crippen LogP contribution in [0.25, 0.3) is 33.5 Å². The van der Waals surface area contributed by atoms with Gasteiger partial charge in [0.25, 0.3) is 10.0 Å². The molecular weight excluding hydrogens is 588 g/mol. The second-order valence-corrected chi connectivity index (χ2v) is 13.4. The molecule has 4 aromatic heterocycles. The van der Waals surface area contributed by atoms with E-state index in [0.717, 1.165) is 74.5 Å². The maximum atomic E-state index is 13.9. The van der Waals surface area contributed by atoms with E-state index in [9.17, 15) is 8.42 Å². The van der Waals surface area contributed by atoms with Crippen LogP contribution in [0.2, 0.25) is 0 Å². The molecule has 0 atom stereocenters. The highest BCUT2D eigenvalue weighted by Crippen LogP contribution is 2.34. The normalized spacial score (nSPS) is 16.9. The van der Waals surface area contributed by atoms with Crippen molar-refractivity contribution < 1.29 is 13.2 Å². The van der Waals surface area contributed by atoms with Gasteiger partial charge in [-0.15, -0.1) is 0 Å². The van der Waals surface area contributed by atoms with Gasteiger partial charge in [-0.05, 0) is 49.6 Å². The van der Waals surface area contributed by atoms with E-state index < -0.39 is 10.0 Å². The number of aryl methyl sites for hydroxylation is 1. The maximum Gasteiger partial charge on any atom is 0.269 e. The first-order chi connectivity index (χ1) is 22.0. The number of pyridine rings is 1. The third kappa shape index (κ3) is 5.62. The molecular formula is C33H38N8O3S. The Balaban J connectivity index is 1.32. The fraction of sp³-hybridized carbons (Fsp3) is 0.394. The monoisotopic (exact) mass is 626 g/mol. The number of anilines is 1. The molecule has 0 N–H and O–H groups in total. The molecule has 0 spiro atoms. The Morgan fingerprint density at radius 3 is 2.42 bits per heavy atom. The second kappa shape index (κ2) is 12.3. The number of piperidine rings is 1. The Bertz CT molecular complexity index is 1910. The number of fused-ring (bicyclic) bond motifs is 1. The Labute approximate surface area is 263 Å². The van der Waals surface area contributed by atoms with Gasteiger partial charge in [0.1, 0.15) is 11.3 Å². The van der Waals surface area contributed by atoms with Crippen LogP contribution >= 0.6 is 0 Å². The lowest BCUT2D eigenvalue weighted by molar-refractivity contribution is 0.122. The van der Waals surface area contributed by atoms with E-state index in [1.54, 1.807) is 42.7 Å². The third-order valence-electron chi connectivity index (χ3n) is 8.98. The second-order valence-electron chi connectivity index (χ2n) is 11.6. The van der Waals surface area contributed by atoms with E-state index in [1.165, 1.54) is 3.97 Å².